The van der Waals surface area contributed by atoms with Crippen LogP contribution in [0, 0.1) is 5.92 Å². The fourth-order valence-electron chi connectivity index (χ4n) is 2.84. The Kier molecular flexibility index (Phi) is 5.24. The quantitative estimate of drug-likeness (QED) is 0.686. The van der Waals surface area contributed by atoms with E-state index in [4.69, 9.17) is 11.6 Å². The summed E-state index contributed by atoms with van der Waals surface area (Å²) in [4.78, 5) is 1.10. The standard InChI is InChI=1S/C15H20ClN3S2/c1-2-19-14(12-8-9-13(16)21-12)17-18-15(19)20-10-11-6-4-3-5-7-11/h8-9,11H,2-7,10H2,1H3. The molecule has 0 bridgehead atoms. The first-order chi connectivity index (χ1) is 10.3. The molecule has 2 aromatic heterocycles. The van der Waals surface area contributed by atoms with E-state index in [2.05, 4.69) is 21.7 Å². The van der Waals surface area contributed by atoms with E-state index in [-0.39, 0.29) is 0 Å². The fourth-order valence-corrected chi connectivity index (χ4v) is 5.07. The molecule has 1 fully saturated rings. The van der Waals surface area contributed by atoms with Gasteiger partial charge in [-0.15, -0.1) is 21.5 Å². The summed E-state index contributed by atoms with van der Waals surface area (Å²) in [5.74, 6) is 2.97. The number of nitrogens with zero attached hydrogens (tertiary/aromatic N) is 3. The lowest BCUT2D eigenvalue weighted by molar-refractivity contribution is 0.390. The molecule has 6 heteroatoms. The zero-order valence-corrected chi connectivity index (χ0v) is 14.6. The van der Waals surface area contributed by atoms with E-state index in [1.54, 1.807) is 11.3 Å². The van der Waals surface area contributed by atoms with Crippen molar-refractivity contribution >= 4 is 34.7 Å². The average molecular weight is 342 g/mol. The first-order valence-electron chi connectivity index (χ1n) is 7.59. The molecular formula is C15H20ClN3S2. The molecule has 0 saturated heterocycles. The topological polar surface area (TPSA) is 30.7 Å². The molecule has 114 valence electrons. The molecule has 0 aliphatic heterocycles. The van der Waals surface area contributed by atoms with Gasteiger partial charge in [0.05, 0.1) is 9.21 Å². The summed E-state index contributed by atoms with van der Waals surface area (Å²) in [5, 5.41) is 9.82. The molecule has 0 N–H and O–H groups in total. The van der Waals surface area contributed by atoms with Crippen LogP contribution < -0.4 is 0 Å². The summed E-state index contributed by atoms with van der Waals surface area (Å²) in [6.45, 7) is 3.04. The van der Waals surface area contributed by atoms with Gasteiger partial charge in [-0.05, 0) is 37.8 Å². The number of aromatic nitrogens is 3. The van der Waals surface area contributed by atoms with Crippen molar-refractivity contribution in [3.63, 3.8) is 0 Å². The van der Waals surface area contributed by atoms with Crippen LogP contribution in [0.5, 0.6) is 0 Å². The van der Waals surface area contributed by atoms with Crippen molar-refractivity contribution in [1.82, 2.24) is 14.8 Å². The second-order valence-electron chi connectivity index (χ2n) is 5.47. The number of halogens is 1. The van der Waals surface area contributed by atoms with Gasteiger partial charge in [0.25, 0.3) is 0 Å². The summed E-state index contributed by atoms with van der Waals surface area (Å²) >= 11 is 9.46. The Balaban J connectivity index is 1.72. The summed E-state index contributed by atoms with van der Waals surface area (Å²) in [7, 11) is 0. The Labute approximate surface area is 139 Å². The van der Waals surface area contributed by atoms with Gasteiger partial charge in [-0.25, -0.2) is 0 Å². The number of hydrogen-bond donors (Lipinski definition) is 0. The minimum atomic E-state index is 0.798. The highest BCUT2D eigenvalue weighted by molar-refractivity contribution is 7.99. The maximum atomic E-state index is 6.03. The van der Waals surface area contributed by atoms with Gasteiger partial charge in [-0.1, -0.05) is 42.6 Å². The maximum Gasteiger partial charge on any atom is 0.191 e. The van der Waals surface area contributed by atoms with Gasteiger partial charge in [0.2, 0.25) is 0 Å². The molecule has 0 atom stereocenters. The van der Waals surface area contributed by atoms with Crippen LogP contribution >= 0.6 is 34.7 Å². The van der Waals surface area contributed by atoms with Crippen LogP contribution in [-0.2, 0) is 6.54 Å². The summed E-state index contributed by atoms with van der Waals surface area (Å²) < 4.78 is 3.00. The van der Waals surface area contributed by atoms with E-state index in [1.165, 1.54) is 37.9 Å². The third-order valence-electron chi connectivity index (χ3n) is 4.00. The Morgan fingerprint density at radius 2 is 2.10 bits per heavy atom. The average Bonchev–Trinajstić information content (AvgIpc) is 3.11. The SMILES string of the molecule is CCn1c(SCC2CCCCC2)nnc1-c1ccc(Cl)s1. The van der Waals surface area contributed by atoms with Crippen LogP contribution in [0.2, 0.25) is 4.34 Å². The van der Waals surface area contributed by atoms with Crippen LogP contribution in [-0.4, -0.2) is 20.5 Å². The predicted octanol–water partition coefficient (Wildman–Crippen LogP) is 5.35. The zero-order valence-electron chi connectivity index (χ0n) is 12.2. The van der Waals surface area contributed by atoms with Crippen molar-refractivity contribution in [1.29, 1.82) is 0 Å². The van der Waals surface area contributed by atoms with Gasteiger partial charge >= 0.3 is 0 Å². The van der Waals surface area contributed by atoms with E-state index < -0.39 is 0 Å². The highest BCUT2D eigenvalue weighted by Crippen LogP contribution is 2.33. The Morgan fingerprint density at radius 1 is 1.29 bits per heavy atom. The zero-order chi connectivity index (χ0) is 14.7. The van der Waals surface area contributed by atoms with Gasteiger partial charge in [0.1, 0.15) is 0 Å². The molecule has 2 aromatic rings. The largest absolute Gasteiger partial charge is 0.302 e. The van der Waals surface area contributed by atoms with E-state index in [0.717, 1.165) is 32.7 Å². The van der Waals surface area contributed by atoms with E-state index in [9.17, 15) is 0 Å². The normalized spacial score (nSPS) is 16.5. The van der Waals surface area contributed by atoms with Crippen LogP contribution in [0.15, 0.2) is 17.3 Å². The number of rotatable bonds is 5. The van der Waals surface area contributed by atoms with E-state index in [0.29, 0.717) is 0 Å². The lowest BCUT2D eigenvalue weighted by atomic mass is 9.91. The molecule has 0 unspecified atom stereocenters. The van der Waals surface area contributed by atoms with Crippen molar-refractivity contribution in [2.45, 2.75) is 50.7 Å². The fraction of sp³-hybridized carbons (Fsp3) is 0.600. The third kappa shape index (κ3) is 3.63. The first kappa shape index (κ1) is 15.4. The minimum Gasteiger partial charge on any atom is -0.302 e. The molecule has 1 aliphatic rings. The van der Waals surface area contributed by atoms with Crippen molar-refractivity contribution in [3.8, 4) is 10.7 Å². The van der Waals surface area contributed by atoms with Crippen molar-refractivity contribution < 1.29 is 0 Å². The van der Waals surface area contributed by atoms with E-state index in [1.807, 2.05) is 23.9 Å². The predicted molar refractivity (Wildman–Crippen MR) is 91.3 cm³/mol. The van der Waals surface area contributed by atoms with Crippen LogP contribution in [0.4, 0.5) is 0 Å². The molecule has 0 aromatic carbocycles. The van der Waals surface area contributed by atoms with Gasteiger partial charge < -0.3 is 4.57 Å². The highest BCUT2D eigenvalue weighted by atomic mass is 35.5. The molecule has 0 radical (unpaired) electrons. The molecule has 1 saturated carbocycles. The molecule has 3 nitrogen and oxygen atoms in total. The van der Waals surface area contributed by atoms with Crippen molar-refractivity contribution in [2.24, 2.45) is 5.92 Å². The smallest absolute Gasteiger partial charge is 0.191 e. The molecule has 21 heavy (non-hydrogen) atoms. The second kappa shape index (κ2) is 7.16. The molecular weight excluding hydrogens is 322 g/mol. The van der Waals surface area contributed by atoms with Crippen LogP contribution in [0.25, 0.3) is 10.7 Å². The van der Waals surface area contributed by atoms with Gasteiger partial charge in [-0.2, -0.15) is 0 Å². The Hall–Kier alpha value is -0.520. The number of thioether (sulfide) groups is 1. The monoisotopic (exact) mass is 341 g/mol. The lowest BCUT2D eigenvalue weighted by Crippen LogP contribution is -2.09. The summed E-state index contributed by atoms with van der Waals surface area (Å²) in [6, 6.07) is 3.95. The van der Waals surface area contributed by atoms with E-state index >= 15 is 0 Å². The van der Waals surface area contributed by atoms with Crippen LogP contribution in [0.3, 0.4) is 0 Å². The molecule has 2 heterocycles. The molecule has 0 spiro atoms. The second-order valence-corrected chi connectivity index (χ2v) is 8.17. The molecule has 0 amide bonds. The third-order valence-corrected chi connectivity index (χ3v) is 6.42. The van der Waals surface area contributed by atoms with Gasteiger partial charge in [-0.3, -0.25) is 0 Å². The Morgan fingerprint density at radius 3 is 2.76 bits per heavy atom. The lowest BCUT2D eigenvalue weighted by Gasteiger charge is -2.20. The molecule has 3 rings (SSSR count). The van der Waals surface area contributed by atoms with Crippen molar-refractivity contribution in [2.75, 3.05) is 5.75 Å². The number of hydrogen-bond acceptors (Lipinski definition) is 4. The summed E-state index contributed by atoms with van der Waals surface area (Å²) in [5.41, 5.74) is 0. The number of thiophene rings is 1. The molecule has 1 aliphatic carbocycles. The first-order valence-corrected chi connectivity index (χ1v) is 9.77. The highest BCUT2D eigenvalue weighted by Gasteiger charge is 2.18. The van der Waals surface area contributed by atoms with Crippen molar-refractivity contribution in [3.05, 3.63) is 16.5 Å². The minimum absolute atomic E-state index is 0.798. The summed E-state index contributed by atoms with van der Waals surface area (Å²) in [6.07, 6.45) is 6.95. The maximum absolute atomic E-state index is 6.03. The van der Waals surface area contributed by atoms with Gasteiger partial charge in [0.15, 0.2) is 11.0 Å². The van der Waals surface area contributed by atoms with Gasteiger partial charge in [0, 0.05) is 12.3 Å². The van der Waals surface area contributed by atoms with Crippen LogP contribution in [0.1, 0.15) is 39.0 Å². The Bertz CT molecular complexity index is 588.